The standard InChI is InChI=1S/C46H25N3S/c1-2-12-27(13-3-1)41-45-42(35-17-7-9-20-38(35)50-45)48-46(47-41)36-25-28-14-10-18-31-30-16-6-8-19-37(30)49-43-29-15-5-4-11-26(29)21-22-33(43)34-24-23-32(36)40(39(28)31)44(34)49/h1-25H. The summed E-state index contributed by atoms with van der Waals surface area (Å²) in [5.41, 5.74) is 7.83. The van der Waals surface area contributed by atoms with Gasteiger partial charge in [0.1, 0.15) is 0 Å². The van der Waals surface area contributed by atoms with Crippen LogP contribution in [0.5, 0.6) is 0 Å². The molecule has 0 unspecified atom stereocenters. The molecule has 0 amide bonds. The van der Waals surface area contributed by atoms with E-state index in [4.69, 9.17) is 9.97 Å². The topological polar surface area (TPSA) is 30.2 Å². The fourth-order valence-electron chi connectivity index (χ4n) is 8.60. The maximum Gasteiger partial charge on any atom is 0.161 e. The summed E-state index contributed by atoms with van der Waals surface area (Å²) >= 11 is 1.78. The van der Waals surface area contributed by atoms with E-state index >= 15 is 0 Å². The minimum atomic E-state index is 0.751. The van der Waals surface area contributed by atoms with Crippen molar-refractivity contribution in [3.63, 3.8) is 0 Å². The highest BCUT2D eigenvalue weighted by molar-refractivity contribution is 7.26. The van der Waals surface area contributed by atoms with Gasteiger partial charge < -0.3 is 4.40 Å². The van der Waals surface area contributed by atoms with Gasteiger partial charge in [0.25, 0.3) is 0 Å². The molecule has 0 aliphatic carbocycles. The first kappa shape index (κ1) is 26.6. The SMILES string of the molecule is c1ccc(-c2nc(-c3cc4cccc5c6ccccc6n6c7c8ccccc8ccc7c7ccc3c(c45)c76)nc3c2sc2ccccc23)cc1. The number of para-hydroxylation sites is 1. The summed E-state index contributed by atoms with van der Waals surface area (Å²) in [6.07, 6.45) is 0. The van der Waals surface area contributed by atoms with Gasteiger partial charge in [0.15, 0.2) is 5.82 Å². The first-order valence-corrected chi connectivity index (χ1v) is 17.8. The van der Waals surface area contributed by atoms with E-state index in [0.717, 1.165) is 38.2 Å². The molecule has 4 aromatic heterocycles. The molecule has 0 radical (unpaired) electrons. The number of fused-ring (bicyclic) bond motifs is 11. The van der Waals surface area contributed by atoms with Crippen LogP contribution >= 0.6 is 11.3 Å². The van der Waals surface area contributed by atoms with Gasteiger partial charge in [-0.3, -0.25) is 0 Å². The van der Waals surface area contributed by atoms with Crippen LogP contribution in [0.1, 0.15) is 0 Å². The Bertz CT molecular complexity index is 3370. The van der Waals surface area contributed by atoms with Crippen molar-refractivity contribution in [2.45, 2.75) is 0 Å². The highest BCUT2D eigenvalue weighted by Crippen LogP contribution is 2.47. The number of rotatable bonds is 2. The maximum atomic E-state index is 5.45. The molecule has 0 saturated heterocycles. The average molecular weight is 652 g/mol. The first-order chi connectivity index (χ1) is 24.8. The summed E-state index contributed by atoms with van der Waals surface area (Å²) in [5, 5.41) is 13.6. The normalized spacial score (nSPS) is 12.4. The number of aromatic nitrogens is 3. The van der Waals surface area contributed by atoms with Gasteiger partial charge in [-0.05, 0) is 45.1 Å². The molecule has 50 heavy (non-hydrogen) atoms. The molecule has 0 aliphatic heterocycles. The monoisotopic (exact) mass is 651 g/mol. The maximum absolute atomic E-state index is 5.45. The predicted octanol–water partition coefficient (Wildman–Crippen LogP) is 12.8. The third-order valence-electron chi connectivity index (χ3n) is 10.7. The van der Waals surface area contributed by atoms with E-state index in [1.165, 1.54) is 75.1 Å². The van der Waals surface area contributed by atoms with Gasteiger partial charge >= 0.3 is 0 Å². The Balaban J connectivity index is 1.33. The van der Waals surface area contributed by atoms with Gasteiger partial charge in [-0.15, -0.1) is 11.3 Å². The van der Waals surface area contributed by atoms with Crippen molar-refractivity contribution in [2.75, 3.05) is 0 Å². The lowest BCUT2D eigenvalue weighted by Crippen LogP contribution is -1.95. The van der Waals surface area contributed by atoms with Crippen LogP contribution in [0.25, 0.3) is 113 Å². The Morgan fingerprint density at radius 3 is 2.08 bits per heavy atom. The highest BCUT2D eigenvalue weighted by atomic mass is 32.1. The zero-order valence-electron chi connectivity index (χ0n) is 26.7. The lowest BCUT2D eigenvalue weighted by Gasteiger charge is -2.13. The van der Waals surface area contributed by atoms with E-state index in [0.29, 0.717) is 0 Å². The molecule has 3 nitrogen and oxygen atoms in total. The summed E-state index contributed by atoms with van der Waals surface area (Å²) in [6.45, 7) is 0. The van der Waals surface area contributed by atoms with Crippen molar-refractivity contribution >= 4 is 102 Å². The van der Waals surface area contributed by atoms with Gasteiger partial charge in [-0.1, -0.05) is 133 Å². The second kappa shape index (κ2) is 9.63. The molecular formula is C46H25N3S. The number of hydrogen-bond donors (Lipinski definition) is 0. The van der Waals surface area contributed by atoms with Crippen LogP contribution < -0.4 is 0 Å². The molecule has 0 saturated carbocycles. The molecule has 0 aliphatic rings. The minimum Gasteiger partial charge on any atom is -0.307 e. The van der Waals surface area contributed by atoms with Crippen LogP contribution in [-0.2, 0) is 0 Å². The number of benzene rings is 8. The highest BCUT2D eigenvalue weighted by Gasteiger charge is 2.24. The molecule has 0 bridgehead atoms. The Hall–Kier alpha value is -6.36. The van der Waals surface area contributed by atoms with Crippen molar-refractivity contribution in [1.82, 2.24) is 14.4 Å². The Labute approximate surface area is 289 Å². The van der Waals surface area contributed by atoms with Gasteiger partial charge in [-0.2, -0.15) is 0 Å². The molecule has 12 aromatic rings. The van der Waals surface area contributed by atoms with Crippen LogP contribution in [0.3, 0.4) is 0 Å². The summed E-state index contributed by atoms with van der Waals surface area (Å²) in [6, 6.07) is 55.1. The van der Waals surface area contributed by atoms with Crippen molar-refractivity contribution < 1.29 is 0 Å². The van der Waals surface area contributed by atoms with Crippen molar-refractivity contribution in [3.8, 4) is 22.6 Å². The molecular weight excluding hydrogens is 627 g/mol. The first-order valence-electron chi connectivity index (χ1n) is 17.0. The van der Waals surface area contributed by atoms with E-state index in [2.05, 4.69) is 156 Å². The van der Waals surface area contributed by atoms with Crippen molar-refractivity contribution in [2.24, 2.45) is 0 Å². The molecule has 0 fully saturated rings. The lowest BCUT2D eigenvalue weighted by molar-refractivity contribution is 1.25. The van der Waals surface area contributed by atoms with Crippen LogP contribution in [0.15, 0.2) is 152 Å². The van der Waals surface area contributed by atoms with Crippen LogP contribution in [0.4, 0.5) is 0 Å². The molecule has 0 N–H and O–H groups in total. The minimum absolute atomic E-state index is 0.751. The Morgan fingerprint density at radius 2 is 1.16 bits per heavy atom. The number of hydrogen-bond acceptors (Lipinski definition) is 3. The van der Waals surface area contributed by atoms with E-state index in [9.17, 15) is 0 Å². The van der Waals surface area contributed by atoms with Crippen LogP contribution in [-0.4, -0.2) is 14.4 Å². The largest absolute Gasteiger partial charge is 0.307 e. The van der Waals surface area contributed by atoms with Gasteiger partial charge in [0, 0.05) is 48.1 Å². The van der Waals surface area contributed by atoms with Crippen LogP contribution in [0.2, 0.25) is 0 Å². The summed E-state index contributed by atoms with van der Waals surface area (Å²) in [4.78, 5) is 10.9. The number of nitrogens with zero attached hydrogens (tertiary/aromatic N) is 3. The molecule has 0 atom stereocenters. The smallest absolute Gasteiger partial charge is 0.161 e. The van der Waals surface area contributed by atoms with E-state index < -0.39 is 0 Å². The van der Waals surface area contributed by atoms with E-state index in [1.54, 1.807) is 11.3 Å². The molecule has 0 spiro atoms. The second-order valence-corrected chi connectivity index (χ2v) is 14.3. The van der Waals surface area contributed by atoms with Gasteiger partial charge in [0.05, 0.1) is 32.5 Å². The lowest BCUT2D eigenvalue weighted by atomic mass is 9.92. The third kappa shape index (κ3) is 3.38. The molecule has 4 heterocycles. The summed E-state index contributed by atoms with van der Waals surface area (Å²) < 4.78 is 4.89. The zero-order chi connectivity index (χ0) is 32.5. The van der Waals surface area contributed by atoms with Crippen molar-refractivity contribution in [3.05, 3.63) is 152 Å². The molecule has 12 rings (SSSR count). The molecule has 4 heteroatoms. The third-order valence-corrected chi connectivity index (χ3v) is 11.9. The fraction of sp³-hybridized carbons (Fsp3) is 0. The van der Waals surface area contributed by atoms with Gasteiger partial charge in [-0.25, -0.2) is 9.97 Å². The quantitative estimate of drug-likeness (QED) is 0.174. The Kier molecular flexibility index (Phi) is 5.12. The van der Waals surface area contributed by atoms with Crippen molar-refractivity contribution in [1.29, 1.82) is 0 Å². The predicted molar refractivity (Wildman–Crippen MR) is 213 cm³/mol. The molecule has 230 valence electrons. The average Bonchev–Trinajstić information content (AvgIpc) is 3.69. The summed E-state index contributed by atoms with van der Waals surface area (Å²) in [7, 11) is 0. The Morgan fingerprint density at radius 1 is 0.460 bits per heavy atom. The van der Waals surface area contributed by atoms with E-state index in [1.807, 2.05) is 0 Å². The second-order valence-electron chi connectivity index (χ2n) is 13.3. The number of thiophene rings is 1. The fourth-order valence-corrected chi connectivity index (χ4v) is 9.75. The zero-order valence-corrected chi connectivity index (χ0v) is 27.5. The van der Waals surface area contributed by atoms with Gasteiger partial charge in [0.2, 0.25) is 0 Å². The van der Waals surface area contributed by atoms with E-state index in [-0.39, 0.29) is 0 Å². The molecule has 8 aromatic carbocycles. The van der Waals surface area contributed by atoms with Crippen LogP contribution in [0, 0.1) is 0 Å². The summed E-state index contributed by atoms with van der Waals surface area (Å²) in [5.74, 6) is 0.751.